The summed E-state index contributed by atoms with van der Waals surface area (Å²) in [7, 11) is 1.55. The summed E-state index contributed by atoms with van der Waals surface area (Å²) in [6, 6.07) is 17.0. The second kappa shape index (κ2) is 10.3. The molecule has 1 aliphatic rings. The molecule has 0 saturated carbocycles. The number of methoxy groups -OCH3 is 1. The number of aliphatic imine (C=N–C) groups is 1. The summed E-state index contributed by atoms with van der Waals surface area (Å²) in [5.74, 6) is 0.583. The Morgan fingerprint density at radius 3 is 2.50 bits per heavy atom. The van der Waals surface area contributed by atoms with Gasteiger partial charge in [-0.1, -0.05) is 28.1 Å². The lowest BCUT2D eigenvalue weighted by atomic mass is 10.1. The molecule has 4 rings (SSSR count). The summed E-state index contributed by atoms with van der Waals surface area (Å²) >= 11 is 5.56. The molecule has 34 heavy (non-hydrogen) atoms. The van der Waals surface area contributed by atoms with Crippen LogP contribution in [0.2, 0.25) is 0 Å². The Hall–Kier alpha value is -3.25. The van der Waals surface area contributed by atoms with E-state index in [-0.39, 0.29) is 17.3 Å². The molecule has 0 atom stereocenters. The summed E-state index contributed by atoms with van der Waals surface area (Å²) in [6.45, 7) is 0.370. The second-order valence-corrected chi connectivity index (χ2v) is 9.17. The van der Waals surface area contributed by atoms with Gasteiger partial charge in [0, 0.05) is 22.2 Å². The minimum atomic E-state index is -0.613. The van der Waals surface area contributed by atoms with Gasteiger partial charge in [0.05, 0.1) is 15.6 Å². The van der Waals surface area contributed by atoms with E-state index < -0.39 is 10.9 Å². The molecule has 0 saturated heterocycles. The monoisotopic (exact) mass is 634 g/mol. The molecular formula is C24H16BrIN2O6. The third-order valence-corrected chi connectivity index (χ3v) is 6.13. The molecule has 0 aromatic heterocycles. The summed E-state index contributed by atoms with van der Waals surface area (Å²) in [5.41, 5.74) is 2.20. The maximum absolute atomic E-state index is 12.4. The average molecular weight is 635 g/mol. The van der Waals surface area contributed by atoms with E-state index in [1.165, 1.54) is 24.3 Å². The van der Waals surface area contributed by atoms with Gasteiger partial charge in [0.15, 0.2) is 17.2 Å². The third kappa shape index (κ3) is 5.45. The van der Waals surface area contributed by atoms with Gasteiger partial charge in [-0.25, -0.2) is 9.79 Å². The number of esters is 1. The number of nitro benzene ring substituents is 1. The number of ether oxygens (including phenoxy) is 3. The molecule has 0 bridgehead atoms. The topological polar surface area (TPSA) is 100 Å². The predicted octanol–water partition coefficient (Wildman–Crippen LogP) is 5.89. The van der Waals surface area contributed by atoms with Gasteiger partial charge in [-0.2, -0.15) is 0 Å². The first-order valence-electron chi connectivity index (χ1n) is 9.86. The van der Waals surface area contributed by atoms with E-state index in [1.807, 2.05) is 30.3 Å². The van der Waals surface area contributed by atoms with Crippen molar-refractivity contribution in [1.29, 1.82) is 0 Å². The maximum Gasteiger partial charge on any atom is 0.363 e. The van der Waals surface area contributed by atoms with E-state index in [1.54, 1.807) is 19.3 Å². The van der Waals surface area contributed by atoms with Crippen molar-refractivity contribution in [3.8, 4) is 11.5 Å². The van der Waals surface area contributed by atoms with Gasteiger partial charge in [-0.05, 0) is 76.2 Å². The van der Waals surface area contributed by atoms with Crippen molar-refractivity contribution in [3.05, 3.63) is 101 Å². The molecule has 0 radical (unpaired) electrons. The summed E-state index contributed by atoms with van der Waals surface area (Å²) in [6.07, 6.45) is 1.59. The minimum Gasteiger partial charge on any atom is -0.493 e. The number of carbonyl (C=O) groups is 1. The van der Waals surface area contributed by atoms with Gasteiger partial charge in [0.2, 0.25) is 5.90 Å². The number of cyclic esters (lactones) is 1. The Balaban J connectivity index is 1.57. The lowest BCUT2D eigenvalue weighted by Gasteiger charge is -2.14. The largest absolute Gasteiger partial charge is 0.493 e. The quantitative estimate of drug-likeness (QED) is 0.106. The Kier molecular flexibility index (Phi) is 7.27. The molecule has 0 unspecified atom stereocenters. The number of hydrogen-bond acceptors (Lipinski definition) is 7. The fourth-order valence-electron chi connectivity index (χ4n) is 3.12. The maximum atomic E-state index is 12.4. The lowest BCUT2D eigenvalue weighted by molar-refractivity contribution is -0.384. The van der Waals surface area contributed by atoms with Crippen LogP contribution in [0.5, 0.6) is 11.5 Å². The fourth-order valence-corrected chi connectivity index (χ4v) is 4.16. The van der Waals surface area contributed by atoms with Crippen LogP contribution in [-0.2, 0) is 16.1 Å². The number of nitro groups is 1. The highest BCUT2D eigenvalue weighted by atomic mass is 127. The molecule has 8 nitrogen and oxygen atoms in total. The van der Waals surface area contributed by atoms with Crippen molar-refractivity contribution in [3.63, 3.8) is 0 Å². The average Bonchev–Trinajstić information content (AvgIpc) is 3.19. The van der Waals surface area contributed by atoms with E-state index >= 15 is 0 Å². The zero-order chi connectivity index (χ0) is 24.2. The van der Waals surface area contributed by atoms with Crippen LogP contribution in [0.25, 0.3) is 6.08 Å². The highest BCUT2D eigenvalue weighted by molar-refractivity contribution is 14.1. The number of benzene rings is 3. The van der Waals surface area contributed by atoms with Crippen molar-refractivity contribution in [2.24, 2.45) is 4.99 Å². The third-order valence-electron chi connectivity index (χ3n) is 4.80. The van der Waals surface area contributed by atoms with Crippen molar-refractivity contribution >= 4 is 62.2 Å². The molecule has 1 heterocycles. The van der Waals surface area contributed by atoms with E-state index in [9.17, 15) is 14.9 Å². The van der Waals surface area contributed by atoms with Crippen LogP contribution < -0.4 is 9.47 Å². The van der Waals surface area contributed by atoms with Crippen LogP contribution in [0, 0.1) is 13.7 Å². The van der Waals surface area contributed by atoms with Gasteiger partial charge in [-0.15, -0.1) is 0 Å². The Morgan fingerprint density at radius 1 is 1.15 bits per heavy atom. The van der Waals surface area contributed by atoms with Crippen molar-refractivity contribution in [1.82, 2.24) is 0 Å². The van der Waals surface area contributed by atoms with E-state index in [4.69, 9.17) is 14.2 Å². The van der Waals surface area contributed by atoms with Crippen LogP contribution in [-0.4, -0.2) is 23.9 Å². The number of hydrogen-bond donors (Lipinski definition) is 0. The smallest absolute Gasteiger partial charge is 0.363 e. The van der Waals surface area contributed by atoms with Crippen LogP contribution in [0.15, 0.2) is 75.8 Å². The predicted molar refractivity (Wildman–Crippen MR) is 138 cm³/mol. The van der Waals surface area contributed by atoms with E-state index in [2.05, 4.69) is 43.5 Å². The standard InChI is InChI=1S/C24H16BrIN2O6/c1-32-21-12-15(10-19(26)22(21)33-13-14-2-6-17(25)7-3-14)11-20-24(29)34-23(27-20)16-4-8-18(9-5-16)28(30)31/h2-12H,13H2,1H3/b20-11-. The Labute approximate surface area is 216 Å². The van der Waals surface area contributed by atoms with Gasteiger partial charge in [-0.3, -0.25) is 10.1 Å². The van der Waals surface area contributed by atoms with Crippen molar-refractivity contribution < 1.29 is 23.9 Å². The number of carbonyl (C=O) groups excluding carboxylic acids is 1. The molecule has 3 aromatic carbocycles. The molecule has 172 valence electrons. The first kappa shape index (κ1) is 23.9. The van der Waals surface area contributed by atoms with Gasteiger partial charge in [0.1, 0.15) is 6.61 Å². The van der Waals surface area contributed by atoms with Crippen LogP contribution in [0.3, 0.4) is 0 Å². The molecule has 0 amide bonds. The van der Waals surface area contributed by atoms with E-state index in [0.29, 0.717) is 29.2 Å². The minimum absolute atomic E-state index is 0.0615. The molecular weight excluding hydrogens is 619 g/mol. The number of non-ortho nitro benzene ring substituents is 1. The zero-order valence-corrected chi connectivity index (χ0v) is 21.4. The van der Waals surface area contributed by atoms with Crippen molar-refractivity contribution in [2.75, 3.05) is 7.11 Å². The highest BCUT2D eigenvalue weighted by Gasteiger charge is 2.25. The molecule has 0 aliphatic carbocycles. The molecule has 0 spiro atoms. The van der Waals surface area contributed by atoms with Gasteiger partial charge < -0.3 is 14.2 Å². The molecule has 3 aromatic rings. The van der Waals surface area contributed by atoms with E-state index in [0.717, 1.165) is 13.6 Å². The van der Waals surface area contributed by atoms with Gasteiger partial charge >= 0.3 is 5.97 Å². The summed E-state index contributed by atoms with van der Waals surface area (Å²) in [5, 5.41) is 10.8. The first-order chi connectivity index (χ1) is 16.3. The van der Waals surface area contributed by atoms with Crippen molar-refractivity contribution in [2.45, 2.75) is 6.61 Å². The van der Waals surface area contributed by atoms with Crippen LogP contribution in [0.1, 0.15) is 16.7 Å². The Morgan fingerprint density at radius 2 is 1.85 bits per heavy atom. The van der Waals surface area contributed by atoms with Crippen LogP contribution >= 0.6 is 38.5 Å². The number of halogens is 2. The molecule has 0 fully saturated rings. The molecule has 1 aliphatic heterocycles. The normalized spacial score (nSPS) is 14.0. The molecule has 10 heteroatoms. The summed E-state index contributed by atoms with van der Waals surface area (Å²) in [4.78, 5) is 26.9. The fraction of sp³-hybridized carbons (Fsp3) is 0.0833. The lowest BCUT2D eigenvalue weighted by Crippen LogP contribution is -2.05. The molecule has 0 N–H and O–H groups in total. The number of rotatable bonds is 7. The second-order valence-electron chi connectivity index (χ2n) is 7.09. The number of nitrogens with zero attached hydrogens (tertiary/aromatic N) is 2. The highest BCUT2D eigenvalue weighted by Crippen LogP contribution is 2.35. The van der Waals surface area contributed by atoms with Crippen LogP contribution in [0.4, 0.5) is 5.69 Å². The SMILES string of the molecule is COc1cc(/C=C2\N=C(c3ccc([N+](=O)[O-])cc3)OC2=O)cc(I)c1OCc1ccc(Br)cc1. The first-order valence-corrected chi connectivity index (χ1v) is 11.7. The zero-order valence-electron chi connectivity index (χ0n) is 17.7. The van der Waals surface area contributed by atoms with Gasteiger partial charge in [0.25, 0.3) is 5.69 Å². The Bertz CT molecular complexity index is 1320. The summed E-state index contributed by atoms with van der Waals surface area (Å²) < 4.78 is 18.5.